The molecule has 0 spiro atoms. The summed E-state index contributed by atoms with van der Waals surface area (Å²) in [5.41, 5.74) is 1.03. The Morgan fingerprint density at radius 3 is 1.66 bits per heavy atom. The molecule has 0 aliphatic heterocycles. The van der Waals surface area contributed by atoms with Gasteiger partial charge in [-0.2, -0.15) is 0 Å². The number of benzene rings is 2. The van der Waals surface area contributed by atoms with E-state index in [4.69, 9.17) is 11.6 Å². The van der Waals surface area contributed by atoms with E-state index in [9.17, 15) is 17.6 Å². The van der Waals surface area contributed by atoms with Gasteiger partial charge in [-0.15, -0.1) is 0 Å². The molecule has 2 aliphatic carbocycles. The van der Waals surface area contributed by atoms with Crippen LogP contribution in [0.1, 0.15) is 100 Å². The second-order valence-corrected chi connectivity index (χ2v) is 11.3. The molecule has 5 heteroatoms. The van der Waals surface area contributed by atoms with Crippen LogP contribution in [-0.2, 0) is 12.8 Å². The van der Waals surface area contributed by atoms with E-state index in [0.717, 1.165) is 61.1 Å². The van der Waals surface area contributed by atoms with Gasteiger partial charge in [-0.05, 0) is 97.6 Å². The molecule has 0 nitrogen and oxygen atoms in total. The van der Waals surface area contributed by atoms with Crippen molar-refractivity contribution in [1.29, 1.82) is 0 Å². The largest absolute Gasteiger partial charge is 0.207 e. The fraction of sp³-hybridized carbons (Fsp3) is 0.600. The van der Waals surface area contributed by atoms with Crippen molar-refractivity contribution in [2.75, 3.05) is 0 Å². The lowest BCUT2D eigenvalue weighted by Gasteiger charge is -2.32. The van der Waals surface area contributed by atoms with Crippen LogP contribution in [0, 0.1) is 41.0 Å². The molecule has 2 aromatic rings. The van der Waals surface area contributed by atoms with Crippen molar-refractivity contribution < 1.29 is 17.6 Å². The summed E-state index contributed by atoms with van der Waals surface area (Å²) >= 11 is 5.51. The Bertz CT molecular complexity index is 942. The summed E-state index contributed by atoms with van der Waals surface area (Å²) in [6, 6.07) is 5.17. The lowest BCUT2D eigenvalue weighted by molar-refractivity contribution is 0.227. The van der Waals surface area contributed by atoms with Gasteiger partial charge in [0, 0.05) is 5.56 Å². The van der Waals surface area contributed by atoms with Gasteiger partial charge >= 0.3 is 0 Å². The fourth-order valence-electron chi connectivity index (χ4n) is 6.30. The van der Waals surface area contributed by atoms with Crippen molar-refractivity contribution in [3.63, 3.8) is 0 Å². The fourth-order valence-corrected chi connectivity index (χ4v) is 6.41. The lowest BCUT2D eigenvalue weighted by Crippen LogP contribution is -2.17. The highest BCUT2D eigenvalue weighted by molar-refractivity contribution is 6.30. The molecular weight excluding hydrogens is 472 g/mol. The highest BCUT2D eigenvalue weighted by atomic mass is 35.5. The molecule has 0 heterocycles. The summed E-state index contributed by atoms with van der Waals surface area (Å²) in [5.74, 6) is -0.0910. The quantitative estimate of drug-likeness (QED) is 0.246. The van der Waals surface area contributed by atoms with Gasteiger partial charge in [0.2, 0.25) is 0 Å². The summed E-state index contributed by atoms with van der Waals surface area (Å²) in [4.78, 5) is 0. The lowest BCUT2D eigenvalue weighted by atomic mass is 9.74. The Kier molecular flexibility index (Phi) is 9.18. The first kappa shape index (κ1) is 26.5. The number of hydrogen-bond acceptors (Lipinski definition) is 0. The highest BCUT2D eigenvalue weighted by Gasteiger charge is 2.26. The first-order valence-corrected chi connectivity index (χ1v) is 13.8. The maximum atomic E-state index is 14.8. The van der Waals surface area contributed by atoms with Gasteiger partial charge in [0.25, 0.3) is 0 Å². The van der Waals surface area contributed by atoms with Gasteiger partial charge in [-0.25, -0.2) is 17.6 Å². The van der Waals surface area contributed by atoms with E-state index in [1.54, 1.807) is 0 Å². The minimum Gasteiger partial charge on any atom is -0.207 e. The molecule has 0 N–H and O–H groups in total. The van der Waals surface area contributed by atoms with Gasteiger partial charge in [-0.3, -0.25) is 0 Å². The minimum atomic E-state index is -0.863. The molecule has 0 aromatic heterocycles. The van der Waals surface area contributed by atoms with Crippen LogP contribution in [0.15, 0.2) is 24.3 Å². The minimum absolute atomic E-state index is 0.0315. The molecule has 2 fully saturated rings. The normalized spacial score (nSPS) is 25.1. The Morgan fingerprint density at radius 1 is 0.657 bits per heavy atom. The summed E-state index contributed by atoms with van der Waals surface area (Å²) < 4.78 is 57.0. The third-order valence-corrected chi connectivity index (χ3v) is 9.08. The number of hydrogen-bond donors (Lipinski definition) is 0. The molecule has 35 heavy (non-hydrogen) atoms. The molecule has 0 bridgehead atoms. The predicted octanol–water partition coefficient (Wildman–Crippen LogP) is 9.95. The number of aryl methyl sites for hydroxylation is 1. The molecule has 0 unspecified atom stereocenters. The zero-order chi connectivity index (χ0) is 24.9. The molecule has 0 radical (unpaired) electrons. The van der Waals surface area contributed by atoms with E-state index in [0.29, 0.717) is 5.56 Å². The SMILES string of the molecule is CCC1CCC(CCC2CCC(c3cc(F)c(CCc4cc(F)c(Cl)c(F)c4)c(F)c3)CC2)CC1. The van der Waals surface area contributed by atoms with E-state index in [1.165, 1.54) is 57.1 Å². The molecule has 192 valence electrons. The van der Waals surface area contributed by atoms with E-state index in [1.807, 2.05) is 0 Å². The number of rotatable bonds is 8. The van der Waals surface area contributed by atoms with Gasteiger partial charge < -0.3 is 0 Å². The maximum absolute atomic E-state index is 14.8. The van der Waals surface area contributed by atoms with Crippen LogP contribution in [0.5, 0.6) is 0 Å². The Hall–Kier alpha value is -1.55. The van der Waals surface area contributed by atoms with Crippen LogP contribution in [0.3, 0.4) is 0 Å². The first-order valence-electron chi connectivity index (χ1n) is 13.4. The van der Waals surface area contributed by atoms with Gasteiger partial charge in [0.1, 0.15) is 28.3 Å². The smallest absolute Gasteiger partial charge is 0.145 e. The second kappa shape index (κ2) is 12.1. The second-order valence-electron chi connectivity index (χ2n) is 10.9. The van der Waals surface area contributed by atoms with Crippen molar-refractivity contribution in [3.8, 4) is 0 Å². The van der Waals surface area contributed by atoms with Crippen molar-refractivity contribution in [3.05, 3.63) is 69.2 Å². The molecule has 2 saturated carbocycles. The summed E-state index contributed by atoms with van der Waals surface area (Å²) in [5, 5.41) is -0.565. The average Bonchev–Trinajstić information content (AvgIpc) is 2.86. The van der Waals surface area contributed by atoms with Crippen molar-refractivity contribution in [2.24, 2.45) is 17.8 Å². The summed E-state index contributed by atoms with van der Waals surface area (Å²) in [6.07, 6.45) is 13.9. The molecule has 0 atom stereocenters. The number of halogens is 5. The van der Waals surface area contributed by atoms with Crippen LogP contribution < -0.4 is 0 Å². The Morgan fingerprint density at radius 2 is 1.14 bits per heavy atom. The molecular formula is C30H37ClF4. The molecule has 4 rings (SSSR count). The molecule has 0 saturated heterocycles. The molecule has 2 aromatic carbocycles. The zero-order valence-corrected chi connectivity index (χ0v) is 21.5. The van der Waals surface area contributed by atoms with Crippen molar-refractivity contribution >= 4 is 11.6 Å². The van der Waals surface area contributed by atoms with Crippen LogP contribution in [0.25, 0.3) is 0 Å². The Balaban J connectivity index is 1.28. The van der Waals surface area contributed by atoms with Gasteiger partial charge in [-0.1, -0.05) is 63.5 Å². The highest BCUT2D eigenvalue weighted by Crippen LogP contribution is 2.40. The Labute approximate surface area is 212 Å². The monoisotopic (exact) mass is 508 g/mol. The van der Waals surface area contributed by atoms with Crippen molar-refractivity contribution in [2.45, 2.75) is 96.3 Å². The van der Waals surface area contributed by atoms with Crippen LogP contribution in [0.2, 0.25) is 5.02 Å². The van der Waals surface area contributed by atoms with E-state index in [-0.39, 0.29) is 24.3 Å². The third kappa shape index (κ3) is 6.81. The van der Waals surface area contributed by atoms with E-state index < -0.39 is 28.3 Å². The van der Waals surface area contributed by atoms with Crippen LogP contribution >= 0.6 is 11.6 Å². The standard InChI is InChI=1S/C30H37ClF4/c1-2-19-3-5-20(6-4-19)7-8-21-9-12-23(13-10-21)24-17-26(32)25(27(33)18-24)14-11-22-15-28(34)30(31)29(35)16-22/h15-21,23H,2-14H2,1H3. The van der Waals surface area contributed by atoms with Gasteiger partial charge in [0.15, 0.2) is 0 Å². The topological polar surface area (TPSA) is 0 Å². The third-order valence-electron chi connectivity index (χ3n) is 8.72. The van der Waals surface area contributed by atoms with E-state index in [2.05, 4.69) is 6.92 Å². The average molecular weight is 509 g/mol. The predicted molar refractivity (Wildman–Crippen MR) is 135 cm³/mol. The summed E-state index contributed by atoms with van der Waals surface area (Å²) in [7, 11) is 0. The summed E-state index contributed by atoms with van der Waals surface area (Å²) in [6.45, 7) is 2.31. The van der Waals surface area contributed by atoms with Crippen LogP contribution in [-0.4, -0.2) is 0 Å². The zero-order valence-electron chi connectivity index (χ0n) is 20.7. The van der Waals surface area contributed by atoms with Crippen molar-refractivity contribution in [1.82, 2.24) is 0 Å². The first-order chi connectivity index (χ1) is 16.8. The molecule has 0 amide bonds. The van der Waals surface area contributed by atoms with Crippen LogP contribution in [0.4, 0.5) is 17.6 Å². The molecule has 2 aliphatic rings. The maximum Gasteiger partial charge on any atom is 0.145 e. The van der Waals surface area contributed by atoms with E-state index >= 15 is 0 Å². The van der Waals surface area contributed by atoms with Gasteiger partial charge in [0.05, 0.1) is 0 Å².